The lowest BCUT2D eigenvalue weighted by Crippen LogP contribution is -1.98. The van der Waals surface area contributed by atoms with Gasteiger partial charge in [-0.05, 0) is 0 Å². The van der Waals surface area contributed by atoms with Gasteiger partial charge in [-0.3, -0.25) is 0 Å². The van der Waals surface area contributed by atoms with Crippen LogP contribution in [-0.2, 0) is 8.98 Å². The number of hydrogen-bond acceptors (Lipinski definition) is 4. The van der Waals surface area contributed by atoms with Crippen molar-refractivity contribution in [2.75, 3.05) is 6.26 Å². The van der Waals surface area contributed by atoms with E-state index in [1.807, 2.05) is 0 Å². The Hall–Kier alpha value is -0.950. The Morgan fingerprint density at radius 3 is 2.78 bits per heavy atom. The van der Waals surface area contributed by atoms with E-state index in [-0.39, 0.29) is 5.57 Å². The molecule has 0 spiro atoms. The fourth-order valence-corrected chi connectivity index (χ4v) is 0.424. The van der Waals surface area contributed by atoms with Crippen LogP contribution in [0.5, 0.6) is 0 Å². The zero-order valence-corrected chi connectivity index (χ0v) is 5.70. The molecule has 0 aromatic rings. The molecule has 0 saturated carbocycles. The van der Waals surface area contributed by atoms with Crippen LogP contribution in [0.1, 0.15) is 0 Å². The minimum atomic E-state index is -0.676. The van der Waals surface area contributed by atoms with Crippen LogP contribution in [0.3, 0.4) is 0 Å². The smallest absolute Gasteiger partial charge is 0.360 e. The first kappa shape index (κ1) is 8.05. The second kappa shape index (κ2) is 3.98. The Balaban J connectivity index is 3.78. The maximum atomic E-state index is 10.4. The van der Waals surface area contributed by atoms with Gasteiger partial charge in [0.2, 0.25) is 0 Å². The van der Waals surface area contributed by atoms with E-state index in [2.05, 4.69) is 10.8 Å². The van der Waals surface area contributed by atoms with Crippen LogP contribution in [0.15, 0.2) is 12.2 Å². The van der Waals surface area contributed by atoms with Gasteiger partial charge in [-0.15, -0.1) is 0 Å². The van der Waals surface area contributed by atoms with E-state index in [0.29, 0.717) is 0 Å². The quantitative estimate of drug-likeness (QED) is 0.327. The van der Waals surface area contributed by atoms with Crippen LogP contribution in [-0.4, -0.2) is 12.2 Å². The second-order valence-corrected chi connectivity index (χ2v) is 1.63. The fraction of sp³-hybridized carbons (Fsp3) is 0.200. The lowest BCUT2D eigenvalue weighted by atomic mass is 10.4. The van der Waals surface area contributed by atoms with E-state index in [0.717, 1.165) is 12.0 Å². The molecule has 0 aromatic heterocycles. The summed E-state index contributed by atoms with van der Waals surface area (Å²) >= 11 is 0.892. The summed E-state index contributed by atoms with van der Waals surface area (Å²) < 4.78 is 4.35. The number of hydrogen-bond donors (Lipinski definition) is 0. The molecule has 48 valence electrons. The van der Waals surface area contributed by atoms with E-state index >= 15 is 0 Å². The Morgan fingerprint density at radius 1 is 1.89 bits per heavy atom. The first-order valence-corrected chi connectivity index (χ1v) is 3.21. The highest BCUT2D eigenvalue weighted by molar-refractivity contribution is 7.94. The largest absolute Gasteiger partial charge is 0.388 e. The van der Waals surface area contributed by atoms with Gasteiger partial charge < -0.3 is 4.18 Å². The molecule has 4 heteroatoms. The maximum Gasteiger partial charge on any atom is 0.360 e. The monoisotopic (exact) mass is 143 g/mol. The number of nitrogens with zero attached hydrogens (tertiary/aromatic N) is 1. The van der Waals surface area contributed by atoms with Gasteiger partial charge in [0.1, 0.15) is 11.6 Å². The first-order chi connectivity index (χ1) is 4.22. The minimum Gasteiger partial charge on any atom is -0.388 e. The van der Waals surface area contributed by atoms with Crippen LogP contribution >= 0.6 is 12.0 Å². The summed E-state index contributed by atoms with van der Waals surface area (Å²) in [5, 5.41) is 8.07. The Bertz CT molecular complexity index is 170. The zero-order valence-electron chi connectivity index (χ0n) is 4.88. The van der Waals surface area contributed by atoms with E-state index in [4.69, 9.17) is 5.26 Å². The third-order valence-corrected chi connectivity index (χ3v) is 0.858. The molecule has 0 aliphatic carbocycles. The topological polar surface area (TPSA) is 50.1 Å². The van der Waals surface area contributed by atoms with Gasteiger partial charge in [0.05, 0.1) is 12.0 Å². The summed E-state index contributed by atoms with van der Waals surface area (Å²) in [7, 11) is 0. The summed E-state index contributed by atoms with van der Waals surface area (Å²) in [6, 6.07) is 1.57. The molecule has 0 radical (unpaired) electrons. The van der Waals surface area contributed by atoms with E-state index in [1.54, 1.807) is 12.3 Å². The molecule has 0 rings (SSSR count). The van der Waals surface area contributed by atoms with E-state index in [9.17, 15) is 4.79 Å². The van der Waals surface area contributed by atoms with Crippen molar-refractivity contribution in [2.24, 2.45) is 0 Å². The Morgan fingerprint density at radius 2 is 2.44 bits per heavy atom. The highest BCUT2D eigenvalue weighted by atomic mass is 32.2. The average molecular weight is 143 g/mol. The molecule has 0 aromatic carbocycles. The molecule has 0 heterocycles. The van der Waals surface area contributed by atoms with E-state index < -0.39 is 5.97 Å². The van der Waals surface area contributed by atoms with Gasteiger partial charge >= 0.3 is 5.97 Å². The van der Waals surface area contributed by atoms with Gasteiger partial charge in [-0.2, -0.15) is 5.26 Å². The molecular formula is C5H5NO2S. The molecule has 0 aliphatic rings. The van der Waals surface area contributed by atoms with Crippen molar-refractivity contribution in [1.29, 1.82) is 5.26 Å². The van der Waals surface area contributed by atoms with Crippen LogP contribution in [0.25, 0.3) is 0 Å². The van der Waals surface area contributed by atoms with Crippen molar-refractivity contribution < 1.29 is 8.98 Å². The predicted octanol–water partition coefficient (Wildman–Crippen LogP) is 0.887. The highest BCUT2D eigenvalue weighted by Gasteiger charge is 2.05. The maximum absolute atomic E-state index is 10.4. The Labute approximate surface area is 57.5 Å². The molecule has 0 atom stereocenters. The van der Waals surface area contributed by atoms with Crippen LogP contribution in [0.2, 0.25) is 0 Å². The molecular weight excluding hydrogens is 138 g/mol. The van der Waals surface area contributed by atoms with E-state index in [1.165, 1.54) is 0 Å². The summed E-state index contributed by atoms with van der Waals surface area (Å²) in [4.78, 5) is 10.4. The Kier molecular flexibility index (Phi) is 3.56. The normalized spacial score (nSPS) is 7.56. The zero-order chi connectivity index (χ0) is 7.28. The van der Waals surface area contributed by atoms with Crippen molar-refractivity contribution >= 4 is 18.0 Å². The van der Waals surface area contributed by atoms with Gasteiger partial charge in [0, 0.05) is 6.26 Å². The minimum absolute atomic E-state index is 0.177. The molecule has 0 bridgehead atoms. The summed E-state index contributed by atoms with van der Waals surface area (Å²) in [6.07, 6.45) is 1.59. The average Bonchev–Trinajstić information content (AvgIpc) is 1.87. The molecule has 0 aliphatic heterocycles. The van der Waals surface area contributed by atoms with Gasteiger partial charge in [0.25, 0.3) is 0 Å². The van der Waals surface area contributed by atoms with Gasteiger partial charge in [0.15, 0.2) is 0 Å². The third kappa shape index (κ3) is 2.77. The van der Waals surface area contributed by atoms with Crippen molar-refractivity contribution in [3.8, 4) is 6.07 Å². The molecule has 0 amide bonds. The molecule has 0 unspecified atom stereocenters. The highest BCUT2D eigenvalue weighted by Crippen LogP contribution is 2.00. The summed E-state index contributed by atoms with van der Waals surface area (Å²) in [6.45, 7) is 3.14. The lowest BCUT2D eigenvalue weighted by molar-refractivity contribution is -0.128. The number of carbonyl (C=O) groups is 1. The second-order valence-electron chi connectivity index (χ2n) is 1.13. The third-order valence-electron chi connectivity index (χ3n) is 0.540. The van der Waals surface area contributed by atoms with Gasteiger partial charge in [-0.1, -0.05) is 6.58 Å². The number of rotatable bonds is 2. The number of nitriles is 1. The van der Waals surface area contributed by atoms with Crippen LogP contribution in [0, 0.1) is 11.3 Å². The predicted molar refractivity (Wildman–Crippen MR) is 34.4 cm³/mol. The van der Waals surface area contributed by atoms with Crippen molar-refractivity contribution in [2.45, 2.75) is 0 Å². The van der Waals surface area contributed by atoms with Crippen molar-refractivity contribution in [3.63, 3.8) is 0 Å². The summed E-state index contributed by atoms with van der Waals surface area (Å²) in [5.41, 5.74) is -0.177. The molecule has 0 fully saturated rings. The summed E-state index contributed by atoms with van der Waals surface area (Å²) in [5.74, 6) is -0.676. The fourth-order valence-electron chi connectivity index (χ4n) is 0.172. The van der Waals surface area contributed by atoms with Crippen LogP contribution in [0.4, 0.5) is 0 Å². The van der Waals surface area contributed by atoms with Crippen molar-refractivity contribution in [1.82, 2.24) is 0 Å². The molecule has 3 nitrogen and oxygen atoms in total. The SMILES string of the molecule is C=C(C#N)C(=O)OSC. The lowest BCUT2D eigenvalue weighted by Gasteiger charge is -1.92. The molecule has 0 N–H and O–H groups in total. The van der Waals surface area contributed by atoms with Crippen molar-refractivity contribution in [3.05, 3.63) is 12.2 Å². The molecule has 9 heavy (non-hydrogen) atoms. The van der Waals surface area contributed by atoms with Gasteiger partial charge in [-0.25, -0.2) is 4.79 Å². The number of carbonyl (C=O) groups excluding carboxylic acids is 1. The molecule has 0 saturated heterocycles. The standard InChI is InChI=1S/C5H5NO2S/c1-4(3-6)5(7)8-9-2/h1H2,2H3. The first-order valence-electron chi connectivity index (χ1n) is 2.06. The van der Waals surface area contributed by atoms with Crippen LogP contribution < -0.4 is 0 Å².